The van der Waals surface area contributed by atoms with Gasteiger partial charge in [0, 0.05) is 30.6 Å². The predicted molar refractivity (Wildman–Crippen MR) is 122 cm³/mol. The normalized spacial score (nSPS) is 24.8. The first-order chi connectivity index (χ1) is 15.9. The summed E-state index contributed by atoms with van der Waals surface area (Å²) in [6.07, 6.45) is 5.89. The third-order valence-corrected chi connectivity index (χ3v) is 9.22. The van der Waals surface area contributed by atoms with Crippen LogP contribution in [-0.2, 0) is 10.0 Å². The van der Waals surface area contributed by atoms with Gasteiger partial charge in [-0.25, -0.2) is 13.4 Å². The Morgan fingerprint density at radius 1 is 1.15 bits per heavy atom. The first-order valence-electron chi connectivity index (χ1n) is 11.3. The molecule has 2 saturated heterocycles. The van der Waals surface area contributed by atoms with E-state index in [1.807, 2.05) is 13.0 Å². The summed E-state index contributed by atoms with van der Waals surface area (Å²) in [5.74, 6) is 1.19. The van der Waals surface area contributed by atoms with Crippen LogP contribution in [0.5, 0.6) is 11.6 Å². The van der Waals surface area contributed by atoms with Crippen LogP contribution in [0.2, 0.25) is 0 Å². The number of nitrogens with zero attached hydrogens (tertiary/aromatic N) is 4. The third kappa shape index (κ3) is 4.11. The minimum atomic E-state index is -3.19. The Morgan fingerprint density at radius 3 is 2.48 bits per heavy atom. The summed E-state index contributed by atoms with van der Waals surface area (Å²) in [4.78, 5) is 8.61. The van der Waals surface area contributed by atoms with Crippen LogP contribution in [0.1, 0.15) is 49.7 Å². The van der Waals surface area contributed by atoms with Gasteiger partial charge in [0.2, 0.25) is 15.8 Å². The fraction of sp³-hybridized carbons (Fsp3) is 0.522. The second-order valence-electron chi connectivity index (χ2n) is 9.00. The minimum absolute atomic E-state index is 0.00826. The average Bonchev–Trinajstić information content (AvgIpc) is 3.61. The Balaban J connectivity index is 1.33. The summed E-state index contributed by atoms with van der Waals surface area (Å²) in [6, 6.07) is 7.47. The molecule has 0 amide bonds. The lowest BCUT2D eigenvalue weighted by Crippen LogP contribution is -2.50. The van der Waals surface area contributed by atoms with E-state index in [4.69, 9.17) is 14.7 Å². The monoisotopic (exact) mass is 469 g/mol. The predicted octanol–water partition coefficient (Wildman–Crippen LogP) is 3.28. The molecule has 2 bridgehead atoms. The number of nitrogens with one attached hydrogen (secondary N) is 1. The van der Waals surface area contributed by atoms with Crippen LogP contribution in [0.4, 0.5) is 11.5 Å². The molecule has 33 heavy (non-hydrogen) atoms. The molecule has 1 aromatic heterocycles. The van der Waals surface area contributed by atoms with Gasteiger partial charge in [-0.2, -0.15) is 14.6 Å². The smallest absolute Gasteiger partial charge is 0.262 e. The maximum Gasteiger partial charge on any atom is 0.262 e. The molecule has 0 radical (unpaired) electrons. The zero-order valence-electron chi connectivity index (χ0n) is 18.7. The standard InChI is InChI=1S/C23H27N5O4S/c1-14-9-15(12-24)3-8-20(14)27-22-21(31-2)23(26-13-25-22)32-18-10-16-4-5-17(11-18)28(16)33(29,30)19-6-7-19/h3,8-9,13,16-19H,4-7,10-11H2,1-2H3,(H,25,26,27)/t16-,17-/m0/s1. The second kappa shape index (κ2) is 8.47. The number of rotatable bonds is 7. The van der Waals surface area contributed by atoms with Crippen LogP contribution < -0.4 is 14.8 Å². The van der Waals surface area contributed by atoms with Crippen LogP contribution in [0.15, 0.2) is 24.5 Å². The molecule has 5 rings (SSSR count). The highest BCUT2D eigenvalue weighted by Gasteiger charge is 2.52. The Bertz CT molecular complexity index is 1190. The quantitative estimate of drug-likeness (QED) is 0.656. The molecule has 3 fully saturated rings. The van der Waals surface area contributed by atoms with Crippen molar-refractivity contribution in [3.05, 3.63) is 35.7 Å². The maximum absolute atomic E-state index is 12.9. The lowest BCUT2D eigenvalue weighted by atomic mass is 10.0. The van der Waals surface area contributed by atoms with Gasteiger partial charge in [-0.1, -0.05) is 0 Å². The molecule has 10 heteroatoms. The number of benzene rings is 1. The van der Waals surface area contributed by atoms with Crippen molar-refractivity contribution in [1.82, 2.24) is 14.3 Å². The van der Waals surface area contributed by atoms with Crippen molar-refractivity contribution < 1.29 is 17.9 Å². The summed E-state index contributed by atoms with van der Waals surface area (Å²) in [7, 11) is -1.65. The number of piperidine rings is 1. The summed E-state index contributed by atoms with van der Waals surface area (Å²) >= 11 is 0. The van der Waals surface area contributed by atoms with Crippen molar-refractivity contribution in [1.29, 1.82) is 5.26 Å². The molecular weight excluding hydrogens is 442 g/mol. The number of aryl methyl sites for hydroxylation is 1. The summed E-state index contributed by atoms with van der Waals surface area (Å²) in [6.45, 7) is 1.91. The number of aromatic nitrogens is 2. The topological polar surface area (TPSA) is 117 Å². The molecule has 1 N–H and O–H groups in total. The van der Waals surface area contributed by atoms with Crippen molar-refractivity contribution in [2.45, 2.75) is 68.9 Å². The number of fused-ring (bicyclic) bond motifs is 2. The van der Waals surface area contributed by atoms with Gasteiger partial charge in [0.1, 0.15) is 12.4 Å². The number of hydrogen-bond donors (Lipinski definition) is 1. The van der Waals surface area contributed by atoms with Gasteiger partial charge in [0.25, 0.3) is 5.88 Å². The van der Waals surface area contributed by atoms with E-state index < -0.39 is 10.0 Å². The second-order valence-corrected chi connectivity index (χ2v) is 11.1. The van der Waals surface area contributed by atoms with Gasteiger partial charge in [-0.3, -0.25) is 0 Å². The number of methoxy groups -OCH3 is 1. The number of nitriles is 1. The molecule has 3 heterocycles. The molecule has 0 spiro atoms. The fourth-order valence-corrected chi connectivity index (χ4v) is 7.30. The molecule has 1 aliphatic carbocycles. The van der Waals surface area contributed by atoms with E-state index in [1.54, 1.807) is 16.4 Å². The van der Waals surface area contributed by atoms with E-state index in [0.717, 1.165) is 36.9 Å². The molecule has 2 atom stereocenters. The molecule has 1 aromatic carbocycles. The van der Waals surface area contributed by atoms with Crippen LogP contribution in [0.25, 0.3) is 0 Å². The Labute approximate surface area is 193 Å². The van der Waals surface area contributed by atoms with Gasteiger partial charge < -0.3 is 14.8 Å². The van der Waals surface area contributed by atoms with Crippen LogP contribution in [-0.4, -0.2) is 53.2 Å². The first-order valence-corrected chi connectivity index (χ1v) is 12.8. The van der Waals surface area contributed by atoms with Crippen molar-refractivity contribution in [3.63, 3.8) is 0 Å². The van der Waals surface area contributed by atoms with E-state index in [0.29, 0.717) is 35.9 Å². The fourth-order valence-electron chi connectivity index (χ4n) is 5.01. The van der Waals surface area contributed by atoms with E-state index >= 15 is 0 Å². The molecule has 0 unspecified atom stereocenters. The van der Waals surface area contributed by atoms with Crippen LogP contribution in [0, 0.1) is 18.3 Å². The lowest BCUT2D eigenvalue weighted by Gasteiger charge is -2.37. The van der Waals surface area contributed by atoms with E-state index in [-0.39, 0.29) is 23.4 Å². The Morgan fingerprint density at radius 2 is 1.88 bits per heavy atom. The zero-order valence-corrected chi connectivity index (χ0v) is 19.5. The molecule has 9 nitrogen and oxygen atoms in total. The Kier molecular flexibility index (Phi) is 5.62. The highest BCUT2D eigenvalue weighted by molar-refractivity contribution is 7.90. The molecular formula is C23H27N5O4S. The highest BCUT2D eigenvalue weighted by Crippen LogP contribution is 2.44. The average molecular weight is 470 g/mol. The number of hydrogen-bond acceptors (Lipinski definition) is 8. The number of ether oxygens (including phenoxy) is 2. The van der Waals surface area contributed by atoms with E-state index in [1.165, 1.54) is 13.4 Å². The van der Waals surface area contributed by atoms with Gasteiger partial charge in [-0.15, -0.1) is 0 Å². The zero-order chi connectivity index (χ0) is 23.2. The van der Waals surface area contributed by atoms with Crippen molar-refractivity contribution in [2.24, 2.45) is 0 Å². The van der Waals surface area contributed by atoms with E-state index in [9.17, 15) is 8.42 Å². The minimum Gasteiger partial charge on any atom is -0.489 e. The number of sulfonamides is 1. The third-order valence-electron chi connectivity index (χ3n) is 6.72. The van der Waals surface area contributed by atoms with E-state index in [2.05, 4.69) is 21.4 Å². The maximum atomic E-state index is 12.9. The first kappa shape index (κ1) is 21.9. The van der Waals surface area contributed by atoms with Crippen LogP contribution >= 0.6 is 0 Å². The van der Waals surface area contributed by atoms with Crippen molar-refractivity contribution in [3.8, 4) is 17.7 Å². The van der Waals surface area contributed by atoms with Gasteiger partial charge in [-0.05, 0) is 56.4 Å². The largest absolute Gasteiger partial charge is 0.489 e. The van der Waals surface area contributed by atoms with Gasteiger partial charge in [0.15, 0.2) is 5.82 Å². The molecule has 3 aliphatic rings. The molecule has 2 aliphatic heterocycles. The molecule has 2 aromatic rings. The number of anilines is 2. The summed E-state index contributed by atoms with van der Waals surface area (Å²) < 4.78 is 39.4. The lowest BCUT2D eigenvalue weighted by molar-refractivity contribution is 0.0888. The highest BCUT2D eigenvalue weighted by atomic mass is 32.2. The van der Waals surface area contributed by atoms with Crippen LogP contribution in [0.3, 0.4) is 0 Å². The summed E-state index contributed by atoms with van der Waals surface area (Å²) in [5.41, 5.74) is 2.29. The SMILES string of the molecule is COc1c(Nc2ccc(C#N)cc2C)ncnc1OC1C[C@@H]2CC[C@@H](C1)N2S(=O)(=O)C1CC1. The van der Waals surface area contributed by atoms with Crippen molar-refractivity contribution in [2.75, 3.05) is 12.4 Å². The van der Waals surface area contributed by atoms with Gasteiger partial charge in [0.05, 0.1) is 24.0 Å². The molecule has 174 valence electrons. The summed E-state index contributed by atoms with van der Waals surface area (Å²) in [5, 5.41) is 12.1. The molecule has 1 saturated carbocycles. The van der Waals surface area contributed by atoms with Gasteiger partial charge >= 0.3 is 0 Å². The Hall–Kier alpha value is -2.90. The van der Waals surface area contributed by atoms with Crippen molar-refractivity contribution >= 4 is 21.5 Å².